The molecule has 4 nitrogen and oxygen atoms in total. The molecular formula is C11H20N2O2S. The second-order valence-electron chi connectivity index (χ2n) is 4.35. The molecule has 2 atom stereocenters. The van der Waals surface area contributed by atoms with Crippen LogP contribution in [0.2, 0.25) is 0 Å². The summed E-state index contributed by atoms with van der Waals surface area (Å²) < 4.78 is 0. The lowest BCUT2D eigenvalue weighted by atomic mass is 9.98. The molecule has 0 radical (unpaired) electrons. The molecule has 0 aromatic carbocycles. The molecule has 2 unspecified atom stereocenters. The molecule has 1 heterocycles. The first-order chi connectivity index (χ1) is 7.63. The van der Waals surface area contributed by atoms with Crippen LogP contribution in [0.1, 0.15) is 19.8 Å². The van der Waals surface area contributed by atoms with Crippen molar-refractivity contribution in [3.8, 4) is 0 Å². The Morgan fingerprint density at radius 3 is 3.00 bits per heavy atom. The molecule has 0 aromatic heterocycles. The number of hydrogen-bond donors (Lipinski definition) is 2. The zero-order valence-electron chi connectivity index (χ0n) is 9.91. The first-order valence-electron chi connectivity index (χ1n) is 5.66. The summed E-state index contributed by atoms with van der Waals surface area (Å²) >= 11 is 1.79. The lowest BCUT2D eigenvalue weighted by Gasteiger charge is -2.22. The molecule has 0 aliphatic carbocycles. The van der Waals surface area contributed by atoms with Gasteiger partial charge in [0.2, 0.25) is 11.8 Å². The molecular weight excluding hydrogens is 224 g/mol. The van der Waals surface area contributed by atoms with Gasteiger partial charge in [0.25, 0.3) is 0 Å². The quantitative estimate of drug-likeness (QED) is 0.745. The van der Waals surface area contributed by atoms with Crippen LogP contribution in [0.4, 0.5) is 0 Å². The molecule has 2 amide bonds. The standard InChI is InChI=1S/C11H20N2O2S/c1-8(7-16-2)5-13-11(15)9-3-4-10(14)12-6-9/h8-9H,3-7H2,1-2H3,(H,12,14)(H,13,15). The van der Waals surface area contributed by atoms with Gasteiger partial charge in [-0.3, -0.25) is 9.59 Å². The zero-order valence-corrected chi connectivity index (χ0v) is 10.7. The lowest BCUT2D eigenvalue weighted by Crippen LogP contribution is -2.44. The Bertz CT molecular complexity index is 248. The molecule has 92 valence electrons. The lowest BCUT2D eigenvalue weighted by molar-refractivity contribution is -0.129. The molecule has 0 saturated carbocycles. The van der Waals surface area contributed by atoms with Gasteiger partial charge in [-0.1, -0.05) is 6.92 Å². The second-order valence-corrected chi connectivity index (χ2v) is 5.26. The molecule has 2 N–H and O–H groups in total. The Morgan fingerprint density at radius 2 is 2.44 bits per heavy atom. The Labute approximate surface area is 101 Å². The molecule has 16 heavy (non-hydrogen) atoms. The van der Waals surface area contributed by atoms with Crippen molar-refractivity contribution < 1.29 is 9.59 Å². The Kier molecular flexibility index (Phi) is 5.66. The van der Waals surface area contributed by atoms with Crippen LogP contribution in [0, 0.1) is 11.8 Å². The van der Waals surface area contributed by atoms with E-state index in [2.05, 4.69) is 23.8 Å². The summed E-state index contributed by atoms with van der Waals surface area (Å²) in [6.07, 6.45) is 3.21. The summed E-state index contributed by atoms with van der Waals surface area (Å²) in [6.45, 7) is 3.34. The zero-order chi connectivity index (χ0) is 12.0. The highest BCUT2D eigenvalue weighted by molar-refractivity contribution is 7.98. The van der Waals surface area contributed by atoms with Gasteiger partial charge < -0.3 is 10.6 Å². The van der Waals surface area contributed by atoms with Crippen molar-refractivity contribution in [2.24, 2.45) is 11.8 Å². The highest BCUT2D eigenvalue weighted by atomic mass is 32.2. The molecule has 0 spiro atoms. The molecule has 1 rings (SSSR count). The predicted molar refractivity (Wildman–Crippen MR) is 66.3 cm³/mol. The number of rotatable bonds is 5. The number of carbonyl (C=O) groups excluding carboxylic acids is 2. The van der Waals surface area contributed by atoms with Crippen LogP contribution < -0.4 is 10.6 Å². The third-order valence-electron chi connectivity index (χ3n) is 2.71. The molecule has 0 aromatic rings. The maximum Gasteiger partial charge on any atom is 0.224 e. The highest BCUT2D eigenvalue weighted by Crippen LogP contribution is 2.11. The van der Waals surface area contributed by atoms with Gasteiger partial charge in [0.15, 0.2) is 0 Å². The van der Waals surface area contributed by atoms with Gasteiger partial charge in [0.05, 0.1) is 5.92 Å². The van der Waals surface area contributed by atoms with Crippen molar-refractivity contribution in [1.82, 2.24) is 10.6 Å². The average molecular weight is 244 g/mol. The third kappa shape index (κ3) is 4.43. The number of piperidine rings is 1. The Hall–Kier alpha value is -0.710. The van der Waals surface area contributed by atoms with Crippen molar-refractivity contribution in [3.05, 3.63) is 0 Å². The summed E-state index contributed by atoms with van der Waals surface area (Å²) in [4.78, 5) is 22.7. The van der Waals surface area contributed by atoms with Crippen LogP contribution in [-0.4, -0.2) is 36.9 Å². The van der Waals surface area contributed by atoms with Crippen LogP contribution in [0.3, 0.4) is 0 Å². The molecule has 1 fully saturated rings. The number of carbonyl (C=O) groups is 2. The SMILES string of the molecule is CSCC(C)CNC(=O)C1CCC(=O)NC1. The highest BCUT2D eigenvalue weighted by Gasteiger charge is 2.24. The van der Waals surface area contributed by atoms with E-state index in [4.69, 9.17) is 0 Å². The molecule has 1 aliphatic heterocycles. The van der Waals surface area contributed by atoms with E-state index >= 15 is 0 Å². The van der Waals surface area contributed by atoms with Crippen molar-refractivity contribution in [2.75, 3.05) is 25.1 Å². The van der Waals surface area contributed by atoms with Crippen LogP contribution in [0.15, 0.2) is 0 Å². The largest absolute Gasteiger partial charge is 0.356 e. The Morgan fingerprint density at radius 1 is 1.69 bits per heavy atom. The number of hydrogen-bond acceptors (Lipinski definition) is 3. The summed E-state index contributed by atoms with van der Waals surface area (Å²) in [5, 5.41) is 5.67. The van der Waals surface area contributed by atoms with Gasteiger partial charge in [-0.25, -0.2) is 0 Å². The summed E-state index contributed by atoms with van der Waals surface area (Å²) in [6, 6.07) is 0. The molecule has 1 aliphatic rings. The van der Waals surface area contributed by atoms with Crippen molar-refractivity contribution in [1.29, 1.82) is 0 Å². The first-order valence-corrected chi connectivity index (χ1v) is 7.06. The monoisotopic (exact) mass is 244 g/mol. The Balaban J connectivity index is 2.22. The molecule has 5 heteroatoms. The fourth-order valence-electron chi connectivity index (χ4n) is 1.72. The normalized spacial score (nSPS) is 22.4. The first kappa shape index (κ1) is 13.4. The van der Waals surface area contributed by atoms with Crippen molar-refractivity contribution in [2.45, 2.75) is 19.8 Å². The number of nitrogens with one attached hydrogen (secondary N) is 2. The minimum absolute atomic E-state index is 0.0424. The maximum atomic E-state index is 11.7. The van der Waals surface area contributed by atoms with Gasteiger partial charge in [-0.2, -0.15) is 11.8 Å². The van der Waals surface area contributed by atoms with Crippen molar-refractivity contribution in [3.63, 3.8) is 0 Å². The predicted octanol–water partition coefficient (Wildman–Crippen LogP) is 0.628. The van der Waals surface area contributed by atoms with Crippen LogP contribution in [0.5, 0.6) is 0 Å². The second kappa shape index (κ2) is 6.78. The molecule has 0 bridgehead atoms. The van der Waals surface area contributed by atoms with E-state index in [1.165, 1.54) is 0 Å². The third-order valence-corrected chi connectivity index (χ3v) is 3.61. The van der Waals surface area contributed by atoms with E-state index in [1.807, 2.05) is 0 Å². The van der Waals surface area contributed by atoms with Crippen molar-refractivity contribution >= 4 is 23.6 Å². The van der Waals surface area contributed by atoms with E-state index in [0.29, 0.717) is 25.3 Å². The topological polar surface area (TPSA) is 58.2 Å². The van der Waals surface area contributed by atoms with E-state index in [1.54, 1.807) is 11.8 Å². The van der Waals surface area contributed by atoms with Gasteiger partial charge in [-0.15, -0.1) is 0 Å². The van der Waals surface area contributed by atoms with E-state index < -0.39 is 0 Å². The van der Waals surface area contributed by atoms with Gasteiger partial charge in [0.1, 0.15) is 0 Å². The van der Waals surface area contributed by atoms with Crippen LogP contribution in [-0.2, 0) is 9.59 Å². The van der Waals surface area contributed by atoms with Gasteiger partial charge in [-0.05, 0) is 24.3 Å². The number of amides is 2. The summed E-state index contributed by atoms with van der Waals surface area (Å²) in [5.74, 6) is 1.64. The van der Waals surface area contributed by atoms with E-state index in [9.17, 15) is 9.59 Å². The minimum Gasteiger partial charge on any atom is -0.356 e. The van der Waals surface area contributed by atoms with Gasteiger partial charge in [0, 0.05) is 19.5 Å². The average Bonchev–Trinajstić information content (AvgIpc) is 2.27. The summed E-state index contributed by atoms with van der Waals surface area (Å²) in [5.41, 5.74) is 0. The summed E-state index contributed by atoms with van der Waals surface area (Å²) in [7, 11) is 0. The van der Waals surface area contributed by atoms with E-state index in [0.717, 1.165) is 12.3 Å². The fraction of sp³-hybridized carbons (Fsp3) is 0.818. The fourth-order valence-corrected chi connectivity index (χ4v) is 2.41. The van der Waals surface area contributed by atoms with Crippen LogP contribution in [0.25, 0.3) is 0 Å². The van der Waals surface area contributed by atoms with Crippen LogP contribution >= 0.6 is 11.8 Å². The molecule has 1 saturated heterocycles. The number of thioether (sulfide) groups is 1. The maximum absolute atomic E-state index is 11.7. The van der Waals surface area contributed by atoms with E-state index in [-0.39, 0.29) is 17.7 Å². The minimum atomic E-state index is -0.0424. The van der Waals surface area contributed by atoms with Gasteiger partial charge >= 0.3 is 0 Å². The smallest absolute Gasteiger partial charge is 0.224 e.